The number of thioether (sulfide) groups is 1. The Bertz CT molecular complexity index is 1250. The summed E-state index contributed by atoms with van der Waals surface area (Å²) in [6, 6.07) is 18.8. The van der Waals surface area contributed by atoms with Crippen molar-refractivity contribution in [2.75, 3.05) is 17.0 Å². The number of aryl methyl sites for hydroxylation is 2. The first-order chi connectivity index (χ1) is 16.4. The maximum Gasteiger partial charge on any atom is 0.274 e. The maximum atomic E-state index is 13.8. The van der Waals surface area contributed by atoms with E-state index in [9.17, 15) is 9.59 Å². The molecule has 0 spiro atoms. The third-order valence-electron chi connectivity index (χ3n) is 7.13. The van der Waals surface area contributed by atoms with E-state index in [-0.39, 0.29) is 29.6 Å². The maximum absolute atomic E-state index is 13.8. The molecule has 5 nitrogen and oxygen atoms in total. The smallest absolute Gasteiger partial charge is 0.274 e. The van der Waals surface area contributed by atoms with Crippen LogP contribution in [0.25, 0.3) is 0 Å². The highest BCUT2D eigenvalue weighted by molar-refractivity contribution is 7.98. The van der Waals surface area contributed by atoms with Gasteiger partial charge < -0.3 is 4.90 Å². The number of fused-ring (bicyclic) bond motifs is 3. The number of hydrogen-bond donors (Lipinski definition) is 0. The molecular formula is C28H31N3O2S. The number of carbonyl (C=O) groups excluding carboxylic acids is 1. The van der Waals surface area contributed by atoms with Gasteiger partial charge in [-0.15, -0.1) is 0 Å². The fourth-order valence-corrected chi connectivity index (χ4v) is 6.18. The van der Waals surface area contributed by atoms with Crippen LogP contribution >= 0.6 is 11.8 Å². The van der Waals surface area contributed by atoms with Crippen LogP contribution < -0.4 is 10.4 Å². The molecule has 1 aliphatic heterocycles. The lowest BCUT2D eigenvalue weighted by atomic mass is 9.93. The van der Waals surface area contributed by atoms with E-state index in [1.54, 1.807) is 30.9 Å². The summed E-state index contributed by atoms with van der Waals surface area (Å²) in [6.07, 6.45) is 5.67. The largest absolute Gasteiger partial charge is 0.312 e. The molecule has 1 amide bonds. The van der Waals surface area contributed by atoms with Crippen LogP contribution in [0.4, 0.5) is 0 Å². The Morgan fingerprint density at radius 3 is 2.09 bits per heavy atom. The van der Waals surface area contributed by atoms with Gasteiger partial charge in [0.05, 0.1) is 6.04 Å². The lowest BCUT2D eigenvalue weighted by Crippen LogP contribution is -2.65. The van der Waals surface area contributed by atoms with Crippen molar-refractivity contribution in [3.63, 3.8) is 0 Å². The van der Waals surface area contributed by atoms with E-state index in [2.05, 4.69) is 73.6 Å². The minimum absolute atomic E-state index is 0.00752. The SMILES string of the molecule is CSCC1N(C(C)C)C(=O)c2c(C)c(=O)ccn2N1C1c2ccccc2CCc2ccccc21. The first-order valence-corrected chi connectivity index (χ1v) is 13.3. The minimum atomic E-state index is -0.166. The second-order valence-corrected chi connectivity index (χ2v) is 10.3. The summed E-state index contributed by atoms with van der Waals surface area (Å²) in [4.78, 5) is 28.4. The van der Waals surface area contributed by atoms with E-state index in [0.29, 0.717) is 11.3 Å². The van der Waals surface area contributed by atoms with Crippen LogP contribution in [-0.4, -0.2) is 39.7 Å². The average molecular weight is 474 g/mol. The Balaban J connectivity index is 1.85. The lowest BCUT2D eigenvalue weighted by Gasteiger charge is -2.51. The van der Waals surface area contributed by atoms with Crippen molar-refractivity contribution >= 4 is 17.7 Å². The van der Waals surface area contributed by atoms with Gasteiger partial charge in [0.15, 0.2) is 5.43 Å². The van der Waals surface area contributed by atoms with E-state index >= 15 is 0 Å². The predicted molar refractivity (Wildman–Crippen MR) is 139 cm³/mol. The fraction of sp³-hybridized carbons (Fsp3) is 0.357. The van der Waals surface area contributed by atoms with Crippen molar-refractivity contribution in [1.82, 2.24) is 9.58 Å². The molecule has 0 fully saturated rings. The van der Waals surface area contributed by atoms with Crippen molar-refractivity contribution < 1.29 is 4.79 Å². The summed E-state index contributed by atoms with van der Waals surface area (Å²) in [5.74, 6) is 0.686. The van der Waals surface area contributed by atoms with Crippen LogP contribution in [0.1, 0.15) is 58.2 Å². The number of benzene rings is 2. The van der Waals surface area contributed by atoms with E-state index in [1.807, 2.05) is 9.58 Å². The summed E-state index contributed by atoms with van der Waals surface area (Å²) < 4.78 is 1.97. The summed E-state index contributed by atoms with van der Waals surface area (Å²) in [5, 5.41) is 2.35. The van der Waals surface area contributed by atoms with Crippen molar-refractivity contribution in [1.29, 1.82) is 0 Å². The zero-order valence-corrected chi connectivity index (χ0v) is 21.0. The van der Waals surface area contributed by atoms with Crippen molar-refractivity contribution in [2.24, 2.45) is 0 Å². The molecule has 34 heavy (non-hydrogen) atoms. The van der Waals surface area contributed by atoms with Crippen molar-refractivity contribution in [3.05, 3.63) is 105 Å². The Kier molecular flexibility index (Phi) is 6.02. The van der Waals surface area contributed by atoms with Crippen molar-refractivity contribution in [2.45, 2.75) is 51.9 Å². The molecular weight excluding hydrogens is 442 g/mol. The van der Waals surface area contributed by atoms with Gasteiger partial charge in [-0.1, -0.05) is 48.5 Å². The van der Waals surface area contributed by atoms with Crippen LogP contribution in [-0.2, 0) is 12.8 Å². The normalized spacial score (nSPS) is 17.9. The zero-order valence-electron chi connectivity index (χ0n) is 20.2. The molecule has 2 aromatic carbocycles. The van der Waals surface area contributed by atoms with Gasteiger partial charge in [-0.3, -0.25) is 19.3 Å². The Labute approximate surface area is 205 Å². The minimum Gasteiger partial charge on any atom is -0.312 e. The molecule has 1 atom stereocenters. The molecule has 0 N–H and O–H groups in total. The number of pyridine rings is 1. The molecule has 1 aliphatic carbocycles. The van der Waals surface area contributed by atoms with Crippen LogP contribution in [0, 0.1) is 6.92 Å². The highest BCUT2D eigenvalue weighted by Crippen LogP contribution is 2.40. The number of carbonyl (C=O) groups is 1. The summed E-state index contributed by atoms with van der Waals surface area (Å²) in [6.45, 7) is 5.89. The van der Waals surface area contributed by atoms with Gasteiger partial charge in [0, 0.05) is 29.6 Å². The second-order valence-electron chi connectivity index (χ2n) is 9.42. The van der Waals surface area contributed by atoms with E-state index in [1.165, 1.54) is 22.3 Å². The first-order valence-electron chi connectivity index (χ1n) is 11.9. The molecule has 3 aromatic rings. The van der Waals surface area contributed by atoms with Gasteiger partial charge >= 0.3 is 0 Å². The number of hydrogen-bond acceptors (Lipinski definition) is 4. The van der Waals surface area contributed by atoms with Gasteiger partial charge in [-0.2, -0.15) is 11.8 Å². The van der Waals surface area contributed by atoms with Gasteiger partial charge in [0.2, 0.25) is 0 Å². The molecule has 2 aliphatic rings. The molecule has 6 heteroatoms. The Morgan fingerprint density at radius 2 is 1.53 bits per heavy atom. The molecule has 0 radical (unpaired) electrons. The van der Waals surface area contributed by atoms with Gasteiger partial charge in [0.25, 0.3) is 5.91 Å². The van der Waals surface area contributed by atoms with Gasteiger partial charge in [-0.05, 0) is 62.1 Å². The molecule has 5 rings (SSSR count). The number of aromatic nitrogens is 1. The number of rotatable bonds is 4. The molecule has 0 saturated carbocycles. The zero-order chi connectivity index (χ0) is 24.0. The van der Waals surface area contributed by atoms with Gasteiger partial charge in [0.1, 0.15) is 11.9 Å². The summed E-state index contributed by atoms with van der Waals surface area (Å²) in [5.41, 5.74) is 6.06. The summed E-state index contributed by atoms with van der Waals surface area (Å²) in [7, 11) is 0. The standard InChI is InChI=1S/C28H31N3O2S/c1-18(2)30-25(17-34-4)31(29-16-15-24(32)19(3)26(29)28(30)33)27-22-11-7-5-9-20(22)13-14-21-10-6-8-12-23(21)27/h5-12,15-16,18,25,27H,13-14,17H2,1-4H3. The van der Waals surface area contributed by atoms with Gasteiger partial charge in [-0.25, -0.2) is 0 Å². The van der Waals surface area contributed by atoms with Crippen molar-refractivity contribution in [3.8, 4) is 0 Å². The monoisotopic (exact) mass is 473 g/mol. The van der Waals surface area contributed by atoms with Crippen LogP contribution in [0.2, 0.25) is 0 Å². The van der Waals surface area contributed by atoms with Crippen LogP contribution in [0.15, 0.2) is 65.6 Å². The third-order valence-corrected chi connectivity index (χ3v) is 7.76. The highest BCUT2D eigenvalue weighted by Gasteiger charge is 2.44. The molecule has 176 valence electrons. The fourth-order valence-electron chi connectivity index (χ4n) is 5.57. The molecule has 0 bridgehead atoms. The molecule has 1 aromatic heterocycles. The molecule has 0 saturated heterocycles. The van der Waals surface area contributed by atoms with E-state index < -0.39 is 0 Å². The molecule has 1 unspecified atom stereocenters. The topological polar surface area (TPSA) is 45.6 Å². The van der Waals surface area contributed by atoms with E-state index in [4.69, 9.17) is 0 Å². The first kappa shape index (κ1) is 22.8. The van der Waals surface area contributed by atoms with Crippen LogP contribution in [0.3, 0.4) is 0 Å². The van der Waals surface area contributed by atoms with E-state index in [0.717, 1.165) is 18.6 Å². The quantitative estimate of drug-likeness (QED) is 0.558. The number of nitrogens with zero attached hydrogens (tertiary/aromatic N) is 3. The summed E-state index contributed by atoms with van der Waals surface area (Å²) >= 11 is 1.74. The Hall–Kier alpha value is -2.99. The Morgan fingerprint density at radius 1 is 0.941 bits per heavy atom. The molecule has 2 heterocycles. The number of amides is 1. The third kappa shape index (κ3) is 3.56. The lowest BCUT2D eigenvalue weighted by molar-refractivity contribution is 0.0506. The average Bonchev–Trinajstić information content (AvgIpc) is 2.99. The second kappa shape index (κ2) is 8.99. The highest BCUT2D eigenvalue weighted by atomic mass is 32.2. The predicted octanol–water partition coefficient (Wildman–Crippen LogP) is 4.54. The van der Waals surface area contributed by atoms with Crippen LogP contribution in [0.5, 0.6) is 0 Å².